The molecule has 1 aliphatic carbocycles. The molecule has 2 nitrogen and oxygen atoms in total. The van der Waals surface area contributed by atoms with E-state index in [2.05, 4.69) is 43.0 Å². The molecule has 0 aliphatic heterocycles. The molecular formula is C18H20O2. The van der Waals surface area contributed by atoms with E-state index < -0.39 is 0 Å². The van der Waals surface area contributed by atoms with Gasteiger partial charge in [-0.25, -0.2) is 0 Å². The van der Waals surface area contributed by atoms with Gasteiger partial charge in [0.25, 0.3) is 0 Å². The minimum atomic E-state index is 0.537. The Bertz CT molecular complexity index is 533. The van der Waals surface area contributed by atoms with Gasteiger partial charge in [-0.2, -0.15) is 0 Å². The number of allylic oxidation sites excluding steroid dienone is 5. The molecule has 0 saturated carbocycles. The first kappa shape index (κ1) is 14.4. The van der Waals surface area contributed by atoms with Crippen LogP contribution in [0.1, 0.15) is 12.0 Å². The Labute approximate surface area is 120 Å². The molecule has 0 saturated heterocycles. The van der Waals surface area contributed by atoms with Crippen molar-refractivity contribution in [1.29, 1.82) is 0 Å². The first-order valence-corrected chi connectivity index (χ1v) is 6.74. The highest BCUT2D eigenvalue weighted by atomic mass is 16.5. The number of methoxy groups -OCH3 is 1. The van der Waals surface area contributed by atoms with Crippen LogP contribution in [0.25, 0.3) is 5.57 Å². The van der Waals surface area contributed by atoms with E-state index in [1.165, 1.54) is 16.7 Å². The second kappa shape index (κ2) is 7.51. The van der Waals surface area contributed by atoms with Gasteiger partial charge in [0.1, 0.15) is 12.4 Å². The highest BCUT2D eigenvalue weighted by Gasteiger charge is 2.04. The lowest BCUT2D eigenvalue weighted by atomic mass is 9.97. The van der Waals surface area contributed by atoms with Crippen molar-refractivity contribution in [2.24, 2.45) is 0 Å². The first-order valence-electron chi connectivity index (χ1n) is 6.74. The lowest BCUT2D eigenvalue weighted by Crippen LogP contribution is -1.94. The van der Waals surface area contributed by atoms with Crippen LogP contribution in [-0.4, -0.2) is 20.3 Å². The predicted octanol–water partition coefficient (Wildman–Crippen LogP) is 4.17. The van der Waals surface area contributed by atoms with Gasteiger partial charge in [0, 0.05) is 7.11 Å². The van der Waals surface area contributed by atoms with Crippen LogP contribution in [0, 0.1) is 0 Å². The lowest BCUT2D eigenvalue weighted by Gasteiger charge is -2.11. The average molecular weight is 268 g/mol. The maximum absolute atomic E-state index is 5.48. The summed E-state index contributed by atoms with van der Waals surface area (Å²) >= 11 is 0. The molecule has 0 heterocycles. The molecule has 0 radical (unpaired) electrons. The molecule has 0 amide bonds. The Hall–Kier alpha value is -2.06. The zero-order chi connectivity index (χ0) is 14.2. The fourth-order valence-electron chi connectivity index (χ4n) is 2.02. The number of ether oxygens (including phenoxy) is 2. The second-order valence-corrected chi connectivity index (χ2v) is 4.56. The second-order valence-electron chi connectivity index (χ2n) is 4.56. The minimum absolute atomic E-state index is 0.537. The van der Waals surface area contributed by atoms with Crippen LogP contribution < -0.4 is 4.74 Å². The van der Waals surface area contributed by atoms with Crippen LogP contribution in [0.3, 0.4) is 0 Å². The van der Waals surface area contributed by atoms with Crippen molar-refractivity contribution in [3.63, 3.8) is 0 Å². The summed E-state index contributed by atoms with van der Waals surface area (Å²) in [6.45, 7) is 4.84. The smallest absolute Gasteiger partial charge is 0.119 e. The summed E-state index contributed by atoms with van der Waals surface area (Å²) in [5, 5.41) is 0. The maximum atomic E-state index is 5.48. The molecule has 0 N–H and O–H groups in total. The third-order valence-electron chi connectivity index (χ3n) is 3.10. The van der Waals surface area contributed by atoms with Crippen molar-refractivity contribution in [1.82, 2.24) is 0 Å². The van der Waals surface area contributed by atoms with Gasteiger partial charge in [0.05, 0.1) is 6.61 Å². The summed E-state index contributed by atoms with van der Waals surface area (Å²) in [6.07, 6.45) is 11.3. The van der Waals surface area contributed by atoms with Crippen molar-refractivity contribution in [3.8, 4) is 5.75 Å². The van der Waals surface area contributed by atoms with Crippen LogP contribution in [0.4, 0.5) is 0 Å². The Kier molecular flexibility index (Phi) is 5.39. The zero-order valence-corrected chi connectivity index (χ0v) is 11.8. The van der Waals surface area contributed by atoms with E-state index in [0.29, 0.717) is 13.2 Å². The molecule has 1 aliphatic rings. The molecule has 0 fully saturated rings. The largest absolute Gasteiger partial charge is 0.490 e. The molecule has 1 aromatic carbocycles. The number of hydrogen-bond donors (Lipinski definition) is 0. The fraction of sp³-hybridized carbons (Fsp3) is 0.222. The highest BCUT2D eigenvalue weighted by molar-refractivity contribution is 5.76. The summed E-state index contributed by atoms with van der Waals surface area (Å²) < 4.78 is 10.5. The van der Waals surface area contributed by atoms with Gasteiger partial charge in [0.15, 0.2) is 0 Å². The summed E-state index contributed by atoms with van der Waals surface area (Å²) in [4.78, 5) is 0. The normalized spacial score (nSPS) is 16.1. The van der Waals surface area contributed by atoms with Crippen LogP contribution in [0.2, 0.25) is 0 Å². The van der Waals surface area contributed by atoms with Crippen LogP contribution in [0.15, 0.2) is 66.8 Å². The molecule has 0 unspecified atom stereocenters. The standard InChI is InChI=1S/C18H20O2/c1-3-13-20-18-10-8-17(9-11-18)16-6-4-15(5-7-16)12-14-19-2/h3-4,6-12H,1,5,13-14H2,2H3. The molecule has 20 heavy (non-hydrogen) atoms. The van der Waals surface area contributed by atoms with Gasteiger partial charge < -0.3 is 9.47 Å². The van der Waals surface area contributed by atoms with Crippen molar-refractivity contribution < 1.29 is 9.47 Å². The van der Waals surface area contributed by atoms with Crippen molar-refractivity contribution >= 4 is 5.57 Å². The SMILES string of the molecule is C=CCOc1ccc(C2=CCC(=CCOC)C=C2)cc1. The van der Waals surface area contributed by atoms with Crippen molar-refractivity contribution in [3.05, 3.63) is 72.4 Å². The monoisotopic (exact) mass is 268 g/mol. The van der Waals surface area contributed by atoms with Gasteiger partial charge in [-0.15, -0.1) is 0 Å². The summed E-state index contributed by atoms with van der Waals surface area (Å²) in [5.74, 6) is 0.870. The lowest BCUT2D eigenvalue weighted by molar-refractivity contribution is 0.233. The number of benzene rings is 1. The van der Waals surface area contributed by atoms with Gasteiger partial charge in [-0.05, 0) is 35.3 Å². The predicted molar refractivity (Wildman–Crippen MR) is 83.8 cm³/mol. The Morgan fingerprint density at radius 1 is 1.15 bits per heavy atom. The first-order chi connectivity index (χ1) is 9.83. The highest BCUT2D eigenvalue weighted by Crippen LogP contribution is 2.25. The van der Waals surface area contributed by atoms with Gasteiger partial charge >= 0.3 is 0 Å². The van der Waals surface area contributed by atoms with E-state index >= 15 is 0 Å². The van der Waals surface area contributed by atoms with E-state index in [-0.39, 0.29) is 0 Å². The molecule has 0 bridgehead atoms. The number of rotatable bonds is 6. The quantitative estimate of drug-likeness (QED) is 0.721. The molecule has 1 aromatic rings. The van der Waals surface area contributed by atoms with Gasteiger partial charge in [-0.1, -0.05) is 49.1 Å². The average Bonchev–Trinajstić information content (AvgIpc) is 2.52. The number of hydrogen-bond acceptors (Lipinski definition) is 2. The van der Waals surface area contributed by atoms with E-state index in [4.69, 9.17) is 9.47 Å². The zero-order valence-electron chi connectivity index (χ0n) is 11.8. The Morgan fingerprint density at radius 3 is 2.55 bits per heavy atom. The van der Waals surface area contributed by atoms with Crippen LogP contribution in [0.5, 0.6) is 5.75 Å². The Balaban J connectivity index is 2.01. The molecule has 0 spiro atoms. The third kappa shape index (κ3) is 3.97. The van der Waals surface area contributed by atoms with Crippen molar-refractivity contribution in [2.45, 2.75) is 6.42 Å². The van der Waals surface area contributed by atoms with Crippen LogP contribution >= 0.6 is 0 Å². The fourth-order valence-corrected chi connectivity index (χ4v) is 2.02. The topological polar surface area (TPSA) is 18.5 Å². The molecular weight excluding hydrogens is 248 g/mol. The molecule has 0 atom stereocenters. The van der Waals surface area contributed by atoms with E-state index in [1.54, 1.807) is 13.2 Å². The van der Waals surface area contributed by atoms with Gasteiger partial charge in [0.2, 0.25) is 0 Å². The van der Waals surface area contributed by atoms with E-state index in [1.807, 2.05) is 12.1 Å². The summed E-state index contributed by atoms with van der Waals surface area (Å²) in [5.41, 5.74) is 3.74. The van der Waals surface area contributed by atoms with E-state index in [9.17, 15) is 0 Å². The molecule has 2 heteroatoms. The summed E-state index contributed by atoms with van der Waals surface area (Å²) in [6, 6.07) is 8.14. The van der Waals surface area contributed by atoms with Crippen molar-refractivity contribution in [2.75, 3.05) is 20.3 Å². The molecule has 2 rings (SSSR count). The Morgan fingerprint density at radius 2 is 1.95 bits per heavy atom. The van der Waals surface area contributed by atoms with Gasteiger partial charge in [-0.3, -0.25) is 0 Å². The van der Waals surface area contributed by atoms with E-state index in [0.717, 1.165) is 12.2 Å². The molecule has 104 valence electrons. The maximum Gasteiger partial charge on any atom is 0.119 e. The van der Waals surface area contributed by atoms with Crippen LogP contribution in [-0.2, 0) is 4.74 Å². The summed E-state index contributed by atoms with van der Waals surface area (Å²) in [7, 11) is 1.71. The third-order valence-corrected chi connectivity index (χ3v) is 3.10. The minimum Gasteiger partial charge on any atom is -0.490 e. The molecule has 0 aromatic heterocycles.